The molecule has 2 aromatic carbocycles. The molecular weight excluding hydrogens is 433 g/mol. The maximum absolute atomic E-state index is 12.9. The normalized spacial score (nSPS) is 20.3. The molecule has 1 fully saturated rings. The predicted molar refractivity (Wildman–Crippen MR) is 110 cm³/mol. The Labute approximate surface area is 179 Å². The van der Waals surface area contributed by atoms with Crippen LogP contribution in [0.5, 0.6) is 5.75 Å². The average Bonchev–Trinajstić information content (AvgIpc) is 2.74. The third kappa shape index (κ3) is 6.20. The van der Waals surface area contributed by atoms with Crippen LogP contribution in [0.15, 0.2) is 54.6 Å². The van der Waals surface area contributed by atoms with Crippen molar-refractivity contribution in [3.05, 3.63) is 60.2 Å². The zero-order valence-electron chi connectivity index (χ0n) is 16.8. The maximum atomic E-state index is 12.9. The Kier molecular flexibility index (Phi) is 6.90. The van der Waals surface area contributed by atoms with E-state index in [1.54, 1.807) is 6.92 Å². The van der Waals surface area contributed by atoms with Gasteiger partial charge in [0.25, 0.3) is 0 Å². The lowest BCUT2D eigenvalue weighted by Crippen LogP contribution is -2.47. The zero-order valence-corrected chi connectivity index (χ0v) is 17.6. The van der Waals surface area contributed by atoms with E-state index < -0.39 is 28.1 Å². The first-order chi connectivity index (χ1) is 14.6. The third-order valence-electron chi connectivity index (χ3n) is 5.17. The van der Waals surface area contributed by atoms with E-state index >= 15 is 0 Å². The first-order valence-corrected chi connectivity index (χ1v) is 11.4. The number of carbonyl (C=O) groups is 1. The Hall–Kier alpha value is -2.59. The molecule has 6 nitrogen and oxygen atoms in total. The third-order valence-corrected chi connectivity index (χ3v) is 6.99. The second-order valence-electron chi connectivity index (χ2n) is 7.32. The lowest BCUT2D eigenvalue weighted by atomic mass is 9.85. The van der Waals surface area contributed by atoms with Gasteiger partial charge in [0.15, 0.2) is 0 Å². The van der Waals surface area contributed by atoms with Crippen molar-refractivity contribution in [2.24, 2.45) is 5.92 Å². The number of nitrogens with one attached hydrogen (secondary N) is 1. The summed E-state index contributed by atoms with van der Waals surface area (Å²) in [6.07, 6.45) is -4.34. The van der Waals surface area contributed by atoms with Crippen molar-refractivity contribution in [2.75, 3.05) is 24.2 Å². The number of hydrogen-bond donors (Lipinski definition) is 1. The monoisotopic (exact) mass is 456 g/mol. The van der Waals surface area contributed by atoms with Gasteiger partial charge in [0.1, 0.15) is 5.75 Å². The molecule has 31 heavy (non-hydrogen) atoms. The summed E-state index contributed by atoms with van der Waals surface area (Å²) in [6, 6.07) is 14.2. The Morgan fingerprint density at radius 3 is 2.32 bits per heavy atom. The number of nitrogens with zero attached hydrogens (tertiary/aromatic N) is 1. The van der Waals surface area contributed by atoms with Crippen LogP contribution in [-0.4, -0.2) is 43.8 Å². The van der Waals surface area contributed by atoms with Gasteiger partial charge in [-0.1, -0.05) is 30.3 Å². The van der Waals surface area contributed by atoms with Crippen molar-refractivity contribution in [2.45, 2.75) is 25.6 Å². The molecule has 0 unspecified atom stereocenters. The van der Waals surface area contributed by atoms with Crippen LogP contribution in [-0.2, 0) is 14.8 Å². The smallest absolute Gasteiger partial charge is 0.406 e. The van der Waals surface area contributed by atoms with Gasteiger partial charge in [-0.15, -0.1) is 13.2 Å². The van der Waals surface area contributed by atoms with Crippen LogP contribution >= 0.6 is 0 Å². The van der Waals surface area contributed by atoms with Gasteiger partial charge in [-0.05, 0) is 49.1 Å². The summed E-state index contributed by atoms with van der Waals surface area (Å²) in [5, 5.41) is 2.67. The van der Waals surface area contributed by atoms with Gasteiger partial charge in [0.05, 0.1) is 11.7 Å². The number of sulfonamides is 1. The molecule has 1 aliphatic heterocycles. The van der Waals surface area contributed by atoms with Crippen LogP contribution in [0, 0.1) is 5.92 Å². The molecule has 2 atom stereocenters. The molecule has 0 spiro atoms. The second kappa shape index (κ2) is 9.27. The van der Waals surface area contributed by atoms with Crippen molar-refractivity contribution in [3.8, 4) is 5.75 Å². The molecule has 3 rings (SSSR count). The van der Waals surface area contributed by atoms with E-state index in [1.807, 2.05) is 30.3 Å². The summed E-state index contributed by atoms with van der Waals surface area (Å²) in [6.45, 7) is 1.91. The Balaban J connectivity index is 1.75. The number of halogens is 3. The van der Waals surface area contributed by atoms with E-state index in [9.17, 15) is 26.4 Å². The molecule has 2 aromatic rings. The van der Waals surface area contributed by atoms with Crippen LogP contribution in [0.1, 0.15) is 24.8 Å². The molecule has 0 saturated carbocycles. The number of anilines is 1. The highest BCUT2D eigenvalue weighted by atomic mass is 32.2. The van der Waals surface area contributed by atoms with Gasteiger partial charge < -0.3 is 10.1 Å². The lowest BCUT2D eigenvalue weighted by molar-refractivity contribution is -0.274. The fourth-order valence-electron chi connectivity index (χ4n) is 3.61. The molecule has 10 heteroatoms. The van der Waals surface area contributed by atoms with E-state index in [0.717, 1.165) is 17.7 Å². The van der Waals surface area contributed by atoms with Gasteiger partial charge in [0, 0.05) is 18.8 Å². The number of piperidine rings is 1. The fraction of sp³-hybridized carbons (Fsp3) is 0.381. The molecule has 1 aliphatic rings. The Morgan fingerprint density at radius 2 is 1.74 bits per heavy atom. The largest absolute Gasteiger partial charge is 0.573 e. The van der Waals surface area contributed by atoms with Gasteiger partial charge in [-0.2, -0.15) is 0 Å². The van der Waals surface area contributed by atoms with Crippen molar-refractivity contribution >= 4 is 21.6 Å². The van der Waals surface area contributed by atoms with E-state index in [1.165, 1.54) is 16.4 Å². The highest BCUT2D eigenvalue weighted by molar-refractivity contribution is 7.89. The molecular formula is C21H23F3N2O4S. The summed E-state index contributed by atoms with van der Waals surface area (Å²) in [5.74, 6) is -1.60. The molecule has 0 aromatic heterocycles. The minimum atomic E-state index is -4.80. The second-order valence-corrected chi connectivity index (χ2v) is 9.58. The Morgan fingerprint density at radius 1 is 1.10 bits per heavy atom. The van der Waals surface area contributed by atoms with Crippen molar-refractivity contribution in [1.82, 2.24) is 4.31 Å². The number of rotatable bonds is 6. The first-order valence-electron chi connectivity index (χ1n) is 9.77. The van der Waals surface area contributed by atoms with E-state index in [0.29, 0.717) is 18.7 Å². The molecule has 0 bridgehead atoms. The maximum Gasteiger partial charge on any atom is 0.573 e. The number of ether oxygens (including phenoxy) is 1. The van der Waals surface area contributed by atoms with Crippen molar-refractivity contribution in [1.29, 1.82) is 0 Å². The number of amides is 1. The number of alkyl halides is 3. The van der Waals surface area contributed by atoms with Gasteiger partial charge in [-0.3, -0.25) is 4.79 Å². The molecule has 1 saturated heterocycles. The van der Waals surface area contributed by atoms with Gasteiger partial charge in [-0.25, -0.2) is 12.7 Å². The summed E-state index contributed by atoms with van der Waals surface area (Å²) in [5.41, 5.74) is 1.25. The highest BCUT2D eigenvalue weighted by Gasteiger charge is 2.37. The lowest BCUT2D eigenvalue weighted by Gasteiger charge is -2.36. The molecule has 1 amide bonds. The quantitative estimate of drug-likeness (QED) is 0.714. The minimum absolute atomic E-state index is 0.0562. The molecule has 0 aliphatic carbocycles. The SMILES string of the molecule is CCS(=O)(=O)N1C[C@H](C(=O)Nc2ccc(OC(F)(F)F)cc2)C[C@@H](c2ccccc2)C1. The average molecular weight is 456 g/mol. The predicted octanol–water partition coefficient (Wildman–Crippen LogP) is 3.98. The van der Waals surface area contributed by atoms with Crippen LogP contribution < -0.4 is 10.1 Å². The first kappa shape index (κ1) is 23.1. The minimum Gasteiger partial charge on any atom is -0.406 e. The summed E-state index contributed by atoms with van der Waals surface area (Å²) in [7, 11) is -3.49. The molecule has 0 radical (unpaired) electrons. The number of hydrogen-bond acceptors (Lipinski definition) is 4. The van der Waals surface area contributed by atoms with Crippen LogP contribution in [0.4, 0.5) is 18.9 Å². The van der Waals surface area contributed by atoms with E-state index in [2.05, 4.69) is 10.1 Å². The van der Waals surface area contributed by atoms with E-state index in [-0.39, 0.29) is 24.1 Å². The molecule has 1 heterocycles. The van der Waals surface area contributed by atoms with Gasteiger partial charge in [0.2, 0.25) is 15.9 Å². The summed E-state index contributed by atoms with van der Waals surface area (Å²) in [4.78, 5) is 12.9. The van der Waals surface area contributed by atoms with E-state index in [4.69, 9.17) is 0 Å². The fourth-order valence-corrected chi connectivity index (χ4v) is 4.79. The van der Waals surface area contributed by atoms with Crippen molar-refractivity contribution < 1.29 is 31.1 Å². The van der Waals surface area contributed by atoms with Crippen LogP contribution in [0.2, 0.25) is 0 Å². The molecule has 168 valence electrons. The zero-order chi connectivity index (χ0) is 22.6. The Bertz CT molecular complexity index is 996. The topological polar surface area (TPSA) is 75.7 Å². The highest BCUT2D eigenvalue weighted by Crippen LogP contribution is 2.32. The van der Waals surface area contributed by atoms with Crippen LogP contribution in [0.3, 0.4) is 0 Å². The molecule has 1 N–H and O–H groups in total. The number of carbonyl (C=O) groups excluding carboxylic acids is 1. The standard InChI is InChI=1S/C21H23F3N2O4S/c1-2-31(28,29)26-13-16(15-6-4-3-5-7-15)12-17(14-26)20(27)25-18-8-10-19(11-9-18)30-21(22,23)24/h3-11,16-17H,2,12-14H2,1H3,(H,25,27)/t16-,17-/m1/s1. The number of benzene rings is 2. The summed E-state index contributed by atoms with van der Waals surface area (Å²) >= 11 is 0. The van der Waals surface area contributed by atoms with Crippen molar-refractivity contribution in [3.63, 3.8) is 0 Å². The van der Waals surface area contributed by atoms with Crippen LogP contribution in [0.25, 0.3) is 0 Å². The summed E-state index contributed by atoms with van der Waals surface area (Å²) < 4.78 is 67.0. The van der Waals surface area contributed by atoms with Gasteiger partial charge >= 0.3 is 6.36 Å².